The lowest BCUT2D eigenvalue weighted by atomic mass is 10.1. The van der Waals surface area contributed by atoms with Gasteiger partial charge in [0.25, 0.3) is 0 Å². The molecule has 0 spiro atoms. The molecular weight excluding hydrogens is 232 g/mol. The van der Waals surface area contributed by atoms with Crippen LogP contribution in [-0.2, 0) is 0 Å². The van der Waals surface area contributed by atoms with Crippen molar-refractivity contribution in [2.75, 3.05) is 17.6 Å². The summed E-state index contributed by atoms with van der Waals surface area (Å²) in [6, 6.07) is 5.58. The van der Waals surface area contributed by atoms with Crippen LogP contribution < -0.4 is 11.1 Å². The number of anilines is 2. The zero-order valence-electron chi connectivity index (χ0n) is 10.6. The number of nitrogens with two attached hydrogens (primary N) is 1. The van der Waals surface area contributed by atoms with Gasteiger partial charge in [0.2, 0.25) is 0 Å². The van der Waals surface area contributed by atoms with E-state index in [1.165, 1.54) is 38.5 Å². The van der Waals surface area contributed by atoms with Gasteiger partial charge in [-0.1, -0.05) is 50.6 Å². The molecule has 0 bridgehead atoms. The molecule has 1 aromatic rings. The van der Waals surface area contributed by atoms with E-state index < -0.39 is 0 Å². The molecular formula is C14H23ClN2. The summed E-state index contributed by atoms with van der Waals surface area (Å²) in [5.41, 5.74) is 7.57. The van der Waals surface area contributed by atoms with Gasteiger partial charge in [0.15, 0.2) is 0 Å². The highest BCUT2D eigenvalue weighted by molar-refractivity contribution is 6.31. The topological polar surface area (TPSA) is 38.0 Å². The van der Waals surface area contributed by atoms with Crippen LogP contribution in [0.4, 0.5) is 11.4 Å². The third-order valence-electron chi connectivity index (χ3n) is 2.86. The van der Waals surface area contributed by atoms with Crippen molar-refractivity contribution < 1.29 is 0 Å². The smallest absolute Gasteiger partial charge is 0.0574 e. The lowest BCUT2D eigenvalue weighted by molar-refractivity contribution is 0.617. The number of hydrogen-bond acceptors (Lipinski definition) is 2. The average Bonchev–Trinajstić information content (AvgIpc) is 2.30. The van der Waals surface area contributed by atoms with Crippen molar-refractivity contribution in [3.63, 3.8) is 0 Å². The van der Waals surface area contributed by atoms with Crippen molar-refractivity contribution in [1.29, 1.82) is 0 Å². The molecule has 0 aliphatic heterocycles. The van der Waals surface area contributed by atoms with Gasteiger partial charge in [0, 0.05) is 11.6 Å². The van der Waals surface area contributed by atoms with Crippen molar-refractivity contribution in [2.24, 2.45) is 0 Å². The Bertz CT molecular complexity index is 326. The first kappa shape index (κ1) is 14.2. The Morgan fingerprint density at radius 1 is 1.12 bits per heavy atom. The first-order chi connectivity index (χ1) is 8.24. The van der Waals surface area contributed by atoms with Crippen LogP contribution in [-0.4, -0.2) is 6.54 Å². The van der Waals surface area contributed by atoms with Gasteiger partial charge in [0.05, 0.1) is 11.4 Å². The fourth-order valence-corrected chi connectivity index (χ4v) is 2.00. The first-order valence-electron chi connectivity index (χ1n) is 6.53. The average molecular weight is 255 g/mol. The van der Waals surface area contributed by atoms with E-state index in [9.17, 15) is 0 Å². The SMILES string of the molecule is CCCCCCCCNc1ccc(Cl)cc1N. The fourth-order valence-electron chi connectivity index (χ4n) is 1.82. The standard InChI is InChI=1S/C14H23ClN2/c1-2-3-4-5-6-7-10-17-14-9-8-12(15)11-13(14)16/h8-9,11,17H,2-7,10,16H2,1H3. The fraction of sp³-hybridized carbons (Fsp3) is 0.571. The highest BCUT2D eigenvalue weighted by atomic mass is 35.5. The van der Waals surface area contributed by atoms with Gasteiger partial charge in [-0.2, -0.15) is 0 Å². The molecule has 2 nitrogen and oxygen atoms in total. The predicted octanol–water partition coefficient (Wildman–Crippen LogP) is 4.69. The minimum Gasteiger partial charge on any atom is -0.397 e. The number of nitrogens with one attached hydrogen (secondary N) is 1. The zero-order valence-corrected chi connectivity index (χ0v) is 11.4. The summed E-state index contributed by atoms with van der Waals surface area (Å²) >= 11 is 5.84. The second-order valence-corrected chi connectivity index (χ2v) is 4.86. The molecule has 0 atom stereocenters. The number of rotatable bonds is 8. The van der Waals surface area contributed by atoms with E-state index in [4.69, 9.17) is 17.3 Å². The molecule has 0 saturated carbocycles. The Hall–Kier alpha value is -0.890. The first-order valence-corrected chi connectivity index (χ1v) is 6.90. The van der Waals surface area contributed by atoms with Crippen molar-refractivity contribution in [3.05, 3.63) is 23.2 Å². The van der Waals surface area contributed by atoms with Gasteiger partial charge in [0.1, 0.15) is 0 Å². The lowest BCUT2D eigenvalue weighted by Gasteiger charge is -2.09. The van der Waals surface area contributed by atoms with Crippen molar-refractivity contribution in [3.8, 4) is 0 Å². The summed E-state index contributed by atoms with van der Waals surface area (Å²) in [7, 11) is 0. The monoisotopic (exact) mass is 254 g/mol. The van der Waals surface area contributed by atoms with E-state index in [1.807, 2.05) is 12.1 Å². The zero-order chi connectivity index (χ0) is 12.5. The predicted molar refractivity (Wildman–Crippen MR) is 77.7 cm³/mol. The second kappa shape index (κ2) is 8.24. The Morgan fingerprint density at radius 3 is 2.53 bits per heavy atom. The minimum atomic E-state index is 0.688. The summed E-state index contributed by atoms with van der Waals surface area (Å²) < 4.78 is 0. The van der Waals surface area contributed by atoms with Crippen LogP contribution in [0.25, 0.3) is 0 Å². The highest BCUT2D eigenvalue weighted by Gasteiger charge is 1.98. The highest BCUT2D eigenvalue weighted by Crippen LogP contribution is 2.22. The Labute approximate surface area is 110 Å². The maximum atomic E-state index is 5.85. The number of halogens is 1. The Morgan fingerprint density at radius 2 is 1.82 bits per heavy atom. The van der Waals surface area contributed by atoms with Gasteiger partial charge < -0.3 is 11.1 Å². The molecule has 0 heterocycles. The van der Waals surface area contributed by atoms with E-state index in [0.29, 0.717) is 5.02 Å². The molecule has 3 N–H and O–H groups in total. The summed E-state index contributed by atoms with van der Waals surface area (Å²) in [6.07, 6.45) is 7.86. The van der Waals surface area contributed by atoms with E-state index in [1.54, 1.807) is 6.07 Å². The Balaban J connectivity index is 2.14. The lowest BCUT2D eigenvalue weighted by Crippen LogP contribution is -2.04. The Kier molecular flexibility index (Phi) is 6.87. The third-order valence-corrected chi connectivity index (χ3v) is 3.09. The molecule has 0 fully saturated rings. The molecule has 0 aliphatic carbocycles. The molecule has 0 saturated heterocycles. The number of hydrogen-bond donors (Lipinski definition) is 2. The number of unbranched alkanes of at least 4 members (excludes halogenated alkanes) is 5. The van der Waals surface area contributed by atoms with Gasteiger partial charge in [-0.15, -0.1) is 0 Å². The van der Waals surface area contributed by atoms with Crippen LogP contribution >= 0.6 is 11.6 Å². The van der Waals surface area contributed by atoms with E-state index in [0.717, 1.165) is 17.9 Å². The molecule has 1 aromatic carbocycles. The molecule has 3 heteroatoms. The minimum absolute atomic E-state index is 0.688. The second-order valence-electron chi connectivity index (χ2n) is 4.43. The molecule has 0 radical (unpaired) electrons. The summed E-state index contributed by atoms with van der Waals surface area (Å²) in [5, 5.41) is 4.04. The van der Waals surface area contributed by atoms with Crippen LogP contribution in [0.3, 0.4) is 0 Å². The van der Waals surface area contributed by atoms with Gasteiger partial charge in [-0.25, -0.2) is 0 Å². The maximum Gasteiger partial charge on any atom is 0.0574 e. The van der Waals surface area contributed by atoms with Gasteiger partial charge in [-0.05, 0) is 24.6 Å². The number of benzene rings is 1. The third kappa shape index (κ3) is 5.83. The van der Waals surface area contributed by atoms with Crippen LogP contribution in [0.1, 0.15) is 45.4 Å². The van der Waals surface area contributed by atoms with Gasteiger partial charge >= 0.3 is 0 Å². The van der Waals surface area contributed by atoms with Crippen molar-refractivity contribution in [2.45, 2.75) is 45.4 Å². The summed E-state index contributed by atoms with van der Waals surface area (Å²) in [6.45, 7) is 3.23. The maximum absolute atomic E-state index is 5.85. The van der Waals surface area contributed by atoms with Crippen molar-refractivity contribution >= 4 is 23.0 Å². The van der Waals surface area contributed by atoms with E-state index >= 15 is 0 Å². The van der Waals surface area contributed by atoms with E-state index in [2.05, 4.69) is 12.2 Å². The van der Waals surface area contributed by atoms with Crippen molar-refractivity contribution in [1.82, 2.24) is 0 Å². The molecule has 0 aliphatic rings. The molecule has 1 rings (SSSR count). The largest absolute Gasteiger partial charge is 0.397 e. The number of nitrogen functional groups attached to an aromatic ring is 1. The van der Waals surface area contributed by atoms with Crippen LogP contribution in [0, 0.1) is 0 Å². The summed E-state index contributed by atoms with van der Waals surface area (Å²) in [5.74, 6) is 0. The molecule has 0 amide bonds. The van der Waals surface area contributed by atoms with Crippen LogP contribution in [0.2, 0.25) is 5.02 Å². The quantitative estimate of drug-likeness (QED) is 0.522. The molecule has 0 aromatic heterocycles. The summed E-state index contributed by atoms with van der Waals surface area (Å²) in [4.78, 5) is 0. The van der Waals surface area contributed by atoms with Crippen LogP contribution in [0.15, 0.2) is 18.2 Å². The molecule has 17 heavy (non-hydrogen) atoms. The molecule has 96 valence electrons. The van der Waals surface area contributed by atoms with Crippen LogP contribution in [0.5, 0.6) is 0 Å². The normalized spacial score (nSPS) is 10.5. The molecule has 0 unspecified atom stereocenters. The van der Waals surface area contributed by atoms with E-state index in [-0.39, 0.29) is 0 Å². The van der Waals surface area contributed by atoms with Gasteiger partial charge in [-0.3, -0.25) is 0 Å².